The molecular formula is C23H30N4O4. The van der Waals surface area contributed by atoms with Gasteiger partial charge in [-0.15, -0.1) is 14.1 Å². The van der Waals surface area contributed by atoms with Gasteiger partial charge in [0.05, 0.1) is 13.2 Å². The van der Waals surface area contributed by atoms with Gasteiger partial charge in [-0.3, -0.25) is 4.79 Å². The molecule has 31 heavy (non-hydrogen) atoms. The van der Waals surface area contributed by atoms with Gasteiger partial charge >= 0.3 is 0 Å². The van der Waals surface area contributed by atoms with Crippen molar-refractivity contribution in [2.45, 2.75) is 39.0 Å². The SMILES string of the molecule is CC(C)(C)c1cc(CCC(=O)N(CCO)CCO)cc(-n2n3c4ccccc4n23)c1O. The van der Waals surface area contributed by atoms with Gasteiger partial charge in [-0.2, -0.15) is 0 Å². The number of aliphatic hydroxyl groups excluding tert-OH is 2. The number of phenols is 1. The summed E-state index contributed by atoms with van der Waals surface area (Å²) in [4.78, 5) is 16.0. The lowest BCUT2D eigenvalue weighted by atomic mass is 9.84. The smallest absolute Gasteiger partial charge is 0.223 e. The third kappa shape index (κ3) is 3.77. The topological polar surface area (TPSA) is 94.8 Å². The van der Waals surface area contributed by atoms with Crippen molar-refractivity contribution >= 4 is 16.9 Å². The Morgan fingerprint density at radius 3 is 2.10 bits per heavy atom. The average molecular weight is 427 g/mol. The van der Waals surface area contributed by atoms with E-state index in [2.05, 4.69) is 20.8 Å². The zero-order chi connectivity index (χ0) is 22.3. The van der Waals surface area contributed by atoms with E-state index in [1.165, 1.54) is 4.90 Å². The summed E-state index contributed by atoms with van der Waals surface area (Å²) in [6.07, 6.45) is 0.769. The van der Waals surface area contributed by atoms with E-state index in [1.54, 1.807) is 0 Å². The second kappa shape index (κ2) is 7.94. The maximum absolute atomic E-state index is 12.6. The van der Waals surface area contributed by atoms with Crippen LogP contribution in [0.15, 0.2) is 36.4 Å². The molecule has 0 radical (unpaired) electrons. The van der Waals surface area contributed by atoms with E-state index < -0.39 is 0 Å². The summed E-state index contributed by atoms with van der Waals surface area (Å²) >= 11 is 0. The highest BCUT2D eigenvalue weighted by Gasteiger charge is 2.29. The Morgan fingerprint density at radius 2 is 1.58 bits per heavy atom. The molecule has 4 rings (SSSR count). The van der Waals surface area contributed by atoms with E-state index in [-0.39, 0.29) is 49.8 Å². The third-order valence-electron chi connectivity index (χ3n) is 5.71. The number of hydrogen-bond donors (Lipinski definition) is 3. The minimum Gasteiger partial charge on any atom is -0.505 e. The molecular weight excluding hydrogens is 396 g/mol. The summed E-state index contributed by atoms with van der Waals surface area (Å²) in [5.74, 6) is 0.131. The molecule has 0 saturated carbocycles. The molecule has 8 heteroatoms. The second-order valence-corrected chi connectivity index (χ2v) is 8.95. The van der Waals surface area contributed by atoms with E-state index in [0.29, 0.717) is 12.1 Å². The fraction of sp³-hybridized carbons (Fsp3) is 0.435. The standard InChI is InChI=1S/C23H30N4O4/c1-23(2,3)17-14-16(8-9-21(30)24(10-12-28)11-13-29)15-20(22(17)31)27-25-18-6-4-5-7-19(18)26(25)27/h4-7,14-15,28-29,31H,8-13H2,1-3H3. The van der Waals surface area contributed by atoms with Crippen molar-refractivity contribution in [3.05, 3.63) is 47.5 Å². The summed E-state index contributed by atoms with van der Waals surface area (Å²) in [7, 11) is 0. The van der Waals surface area contributed by atoms with Gasteiger partial charge in [-0.05, 0) is 35.6 Å². The lowest BCUT2D eigenvalue weighted by Gasteiger charge is -2.23. The molecule has 0 aliphatic rings. The van der Waals surface area contributed by atoms with E-state index in [4.69, 9.17) is 0 Å². The number of hydrogen-bond acceptors (Lipinski definition) is 4. The van der Waals surface area contributed by atoms with Crippen molar-refractivity contribution in [3.63, 3.8) is 0 Å². The fourth-order valence-electron chi connectivity index (χ4n) is 4.05. The molecule has 1 amide bonds. The first-order valence-electron chi connectivity index (χ1n) is 10.6. The number of aliphatic hydroxyl groups is 2. The maximum Gasteiger partial charge on any atom is 0.223 e. The minimum absolute atomic E-state index is 0.110. The largest absolute Gasteiger partial charge is 0.505 e. The van der Waals surface area contributed by atoms with Crippen LogP contribution >= 0.6 is 0 Å². The third-order valence-corrected chi connectivity index (χ3v) is 5.71. The minimum atomic E-state index is -0.273. The maximum atomic E-state index is 12.6. The Bertz CT molecular complexity index is 1150. The highest BCUT2D eigenvalue weighted by molar-refractivity contribution is 5.80. The molecule has 2 heterocycles. The summed E-state index contributed by atoms with van der Waals surface area (Å²) in [5.41, 5.74) is 4.37. The van der Waals surface area contributed by atoms with Crippen LogP contribution in [0.1, 0.15) is 38.3 Å². The van der Waals surface area contributed by atoms with Crippen LogP contribution in [0, 0.1) is 0 Å². The fourth-order valence-corrected chi connectivity index (χ4v) is 4.05. The van der Waals surface area contributed by atoms with Crippen LogP contribution in [0.25, 0.3) is 16.7 Å². The van der Waals surface area contributed by atoms with Crippen molar-refractivity contribution < 1.29 is 20.1 Å². The molecule has 8 nitrogen and oxygen atoms in total. The highest BCUT2D eigenvalue weighted by Crippen LogP contribution is 2.39. The summed E-state index contributed by atoms with van der Waals surface area (Å²) in [5, 5.41) is 29.4. The molecule has 0 aliphatic carbocycles. The molecule has 4 aromatic rings. The predicted octanol–water partition coefficient (Wildman–Crippen LogP) is 2.17. The van der Waals surface area contributed by atoms with Crippen molar-refractivity contribution in [2.75, 3.05) is 26.3 Å². The number of aromatic nitrogens is 3. The molecule has 0 saturated heterocycles. The van der Waals surface area contributed by atoms with Crippen LogP contribution in [0.5, 0.6) is 5.75 Å². The number of carbonyl (C=O) groups excluding carboxylic acids is 1. The van der Waals surface area contributed by atoms with Crippen LogP contribution in [-0.4, -0.2) is 66.5 Å². The first-order valence-corrected chi connectivity index (χ1v) is 10.6. The average Bonchev–Trinajstić information content (AvgIpc) is 3.38. The van der Waals surface area contributed by atoms with Gasteiger partial charge in [0.2, 0.25) is 5.91 Å². The molecule has 3 N–H and O–H groups in total. The van der Waals surface area contributed by atoms with Gasteiger partial charge in [0, 0.05) is 25.1 Å². The van der Waals surface area contributed by atoms with Gasteiger partial charge < -0.3 is 20.2 Å². The van der Waals surface area contributed by atoms with Crippen LogP contribution in [-0.2, 0) is 16.6 Å². The van der Waals surface area contributed by atoms with Gasteiger partial charge in [-0.1, -0.05) is 39.0 Å². The Kier molecular flexibility index (Phi) is 5.45. The summed E-state index contributed by atoms with van der Waals surface area (Å²) < 4.78 is 3.99. The molecule has 0 spiro atoms. The number of amides is 1. The van der Waals surface area contributed by atoms with Crippen molar-refractivity contribution in [1.82, 2.24) is 19.0 Å². The lowest BCUT2D eigenvalue weighted by molar-refractivity contribution is -0.132. The van der Waals surface area contributed by atoms with Crippen molar-refractivity contribution in [3.8, 4) is 11.4 Å². The number of phenolic OH excluding ortho intramolecular Hbond substituents is 1. The zero-order valence-electron chi connectivity index (χ0n) is 18.2. The van der Waals surface area contributed by atoms with Crippen LogP contribution in [0.3, 0.4) is 0 Å². The van der Waals surface area contributed by atoms with E-state index in [1.807, 2.05) is 50.5 Å². The molecule has 0 bridgehead atoms. The number of para-hydroxylation sites is 2. The first-order chi connectivity index (χ1) is 14.8. The monoisotopic (exact) mass is 426 g/mol. The molecule has 0 fully saturated rings. The van der Waals surface area contributed by atoms with Crippen molar-refractivity contribution in [2.24, 2.45) is 0 Å². The predicted molar refractivity (Wildman–Crippen MR) is 118 cm³/mol. The number of aryl methyl sites for hydroxylation is 1. The summed E-state index contributed by atoms with van der Waals surface area (Å²) in [6.45, 7) is 6.31. The molecule has 0 aliphatic heterocycles. The van der Waals surface area contributed by atoms with E-state index in [9.17, 15) is 20.1 Å². The number of benzene rings is 2. The number of nitrogens with zero attached hydrogens (tertiary/aromatic N) is 4. The van der Waals surface area contributed by atoms with Crippen molar-refractivity contribution in [1.29, 1.82) is 0 Å². The van der Waals surface area contributed by atoms with Gasteiger partial charge in [0.1, 0.15) is 22.5 Å². The van der Waals surface area contributed by atoms with E-state index >= 15 is 0 Å². The van der Waals surface area contributed by atoms with Gasteiger partial charge in [0.15, 0.2) is 0 Å². The number of aromatic hydroxyl groups is 1. The molecule has 2 aromatic heterocycles. The van der Waals surface area contributed by atoms with Crippen LogP contribution < -0.4 is 0 Å². The number of fused-ring (bicyclic) bond motifs is 4. The van der Waals surface area contributed by atoms with Crippen LogP contribution in [0.4, 0.5) is 0 Å². The molecule has 2 aromatic carbocycles. The van der Waals surface area contributed by atoms with E-state index in [0.717, 1.165) is 22.2 Å². The molecule has 0 atom stereocenters. The number of carbonyl (C=O) groups is 1. The normalized spacial score (nSPS) is 12.4. The first kappa shape index (κ1) is 21.3. The number of rotatable bonds is 8. The lowest BCUT2D eigenvalue weighted by Crippen LogP contribution is -2.36. The quantitative estimate of drug-likeness (QED) is 0.402. The second-order valence-electron chi connectivity index (χ2n) is 8.95. The summed E-state index contributed by atoms with van der Waals surface area (Å²) in [6, 6.07) is 11.9. The Labute approximate surface area is 180 Å². The Hall–Kier alpha value is -2.97. The molecule has 166 valence electrons. The highest BCUT2D eigenvalue weighted by atomic mass is 16.3. The van der Waals surface area contributed by atoms with Gasteiger partial charge in [-0.25, -0.2) is 0 Å². The zero-order valence-corrected chi connectivity index (χ0v) is 18.2. The molecule has 0 unspecified atom stereocenters. The van der Waals surface area contributed by atoms with Crippen LogP contribution in [0.2, 0.25) is 0 Å². The Balaban J connectivity index is 1.66. The van der Waals surface area contributed by atoms with Gasteiger partial charge in [0.25, 0.3) is 0 Å². The Morgan fingerprint density at radius 1 is 1.00 bits per heavy atom.